The lowest BCUT2D eigenvalue weighted by atomic mass is 10.1. The Bertz CT molecular complexity index is 333. The normalized spacial score (nSPS) is 15.7. The maximum absolute atomic E-state index is 5.64. The van der Waals surface area contributed by atoms with Gasteiger partial charge in [0.25, 0.3) is 0 Å². The fourth-order valence-electron chi connectivity index (χ4n) is 1.62. The first-order chi connectivity index (χ1) is 8.24. The minimum atomic E-state index is 0.579. The van der Waals surface area contributed by atoms with Crippen molar-refractivity contribution in [3.05, 3.63) is 24.3 Å². The Labute approximate surface area is 103 Å². The lowest BCUT2D eigenvalue weighted by molar-refractivity contribution is 0.261. The van der Waals surface area contributed by atoms with E-state index in [-0.39, 0.29) is 0 Å². The van der Waals surface area contributed by atoms with Crippen molar-refractivity contribution in [3.8, 4) is 5.75 Å². The molecule has 1 saturated heterocycles. The van der Waals surface area contributed by atoms with Crippen molar-refractivity contribution in [1.82, 2.24) is 10.2 Å². The van der Waals surface area contributed by atoms with Crippen LogP contribution in [-0.2, 0) is 0 Å². The summed E-state index contributed by atoms with van der Waals surface area (Å²) in [5.74, 6) is 0.934. The van der Waals surface area contributed by atoms with Crippen molar-refractivity contribution in [2.24, 2.45) is 0 Å². The molecule has 0 aromatic heterocycles. The highest BCUT2D eigenvalue weighted by atomic mass is 16.5. The molecule has 1 aromatic rings. The van der Waals surface area contributed by atoms with Gasteiger partial charge < -0.3 is 20.3 Å². The third-order valence-electron chi connectivity index (χ3n) is 2.81. The molecule has 0 bridgehead atoms. The molecule has 4 heteroatoms. The molecule has 1 aliphatic heterocycles. The Kier molecular flexibility index (Phi) is 4.23. The predicted octanol–water partition coefficient (Wildman–Crippen LogP) is 1.01. The number of rotatable bonds is 6. The van der Waals surface area contributed by atoms with E-state index in [1.165, 1.54) is 0 Å². The fraction of sp³-hybridized carbons (Fsp3) is 0.538. The van der Waals surface area contributed by atoms with Crippen LogP contribution in [-0.4, -0.2) is 51.3 Å². The highest BCUT2D eigenvalue weighted by molar-refractivity contribution is 5.47. The average molecular weight is 235 g/mol. The molecule has 2 N–H and O–H groups in total. The molecule has 0 spiro atoms. The SMILES string of the molecule is CN(C)CCOc1ccc(NC2CNC2)cc1. The lowest BCUT2D eigenvalue weighted by Crippen LogP contribution is -2.51. The molecule has 2 rings (SSSR count). The molecule has 1 heterocycles. The van der Waals surface area contributed by atoms with E-state index in [9.17, 15) is 0 Å². The topological polar surface area (TPSA) is 36.5 Å². The largest absolute Gasteiger partial charge is 0.492 e. The van der Waals surface area contributed by atoms with Gasteiger partial charge in [-0.05, 0) is 38.4 Å². The fourth-order valence-corrected chi connectivity index (χ4v) is 1.62. The van der Waals surface area contributed by atoms with Crippen LogP contribution in [0.2, 0.25) is 0 Å². The number of nitrogens with zero attached hydrogens (tertiary/aromatic N) is 1. The molecular formula is C13H21N3O. The first kappa shape index (κ1) is 12.2. The van der Waals surface area contributed by atoms with Crippen molar-refractivity contribution in [2.75, 3.05) is 45.7 Å². The summed E-state index contributed by atoms with van der Waals surface area (Å²) in [4.78, 5) is 2.11. The molecule has 1 aliphatic rings. The first-order valence-electron chi connectivity index (χ1n) is 6.09. The van der Waals surface area contributed by atoms with Crippen LogP contribution in [0.4, 0.5) is 5.69 Å². The average Bonchev–Trinajstić information content (AvgIpc) is 2.25. The number of anilines is 1. The number of nitrogens with one attached hydrogen (secondary N) is 2. The first-order valence-corrected chi connectivity index (χ1v) is 6.09. The van der Waals surface area contributed by atoms with Gasteiger partial charge in [-0.25, -0.2) is 0 Å². The van der Waals surface area contributed by atoms with Gasteiger partial charge in [0.05, 0.1) is 6.04 Å². The highest BCUT2D eigenvalue weighted by Gasteiger charge is 2.15. The van der Waals surface area contributed by atoms with Gasteiger partial charge in [-0.2, -0.15) is 0 Å². The molecule has 0 aliphatic carbocycles. The zero-order valence-corrected chi connectivity index (χ0v) is 10.6. The second kappa shape index (κ2) is 5.89. The number of likely N-dealkylation sites (N-methyl/N-ethyl adjacent to an activating group) is 1. The molecule has 17 heavy (non-hydrogen) atoms. The molecular weight excluding hydrogens is 214 g/mol. The van der Waals surface area contributed by atoms with E-state index in [0.717, 1.165) is 37.7 Å². The Morgan fingerprint density at radius 3 is 2.53 bits per heavy atom. The van der Waals surface area contributed by atoms with E-state index in [2.05, 4.69) is 27.7 Å². The third-order valence-corrected chi connectivity index (χ3v) is 2.81. The van der Waals surface area contributed by atoms with Crippen molar-refractivity contribution in [1.29, 1.82) is 0 Å². The van der Waals surface area contributed by atoms with E-state index in [0.29, 0.717) is 6.04 Å². The number of ether oxygens (including phenoxy) is 1. The summed E-state index contributed by atoms with van der Waals surface area (Å²) in [6.45, 7) is 3.78. The van der Waals surface area contributed by atoms with Crippen LogP contribution in [0.15, 0.2) is 24.3 Å². The maximum Gasteiger partial charge on any atom is 0.119 e. The monoisotopic (exact) mass is 235 g/mol. The minimum absolute atomic E-state index is 0.579. The number of benzene rings is 1. The summed E-state index contributed by atoms with van der Waals surface area (Å²) in [5.41, 5.74) is 1.16. The quantitative estimate of drug-likeness (QED) is 0.771. The molecule has 0 amide bonds. The van der Waals surface area contributed by atoms with E-state index < -0.39 is 0 Å². The standard InChI is InChI=1S/C13H21N3O/c1-16(2)7-8-17-13-5-3-11(4-6-13)15-12-9-14-10-12/h3-6,12,14-15H,7-10H2,1-2H3. The van der Waals surface area contributed by atoms with Crippen LogP contribution < -0.4 is 15.4 Å². The van der Waals surface area contributed by atoms with Gasteiger partial charge in [-0.15, -0.1) is 0 Å². The van der Waals surface area contributed by atoms with E-state index in [1.54, 1.807) is 0 Å². The summed E-state index contributed by atoms with van der Waals surface area (Å²) in [7, 11) is 4.09. The molecule has 0 saturated carbocycles. The Hall–Kier alpha value is -1.26. The van der Waals surface area contributed by atoms with Crippen LogP contribution >= 0.6 is 0 Å². The molecule has 4 nitrogen and oxygen atoms in total. The summed E-state index contributed by atoms with van der Waals surface area (Å²) in [6, 6.07) is 8.76. The Morgan fingerprint density at radius 1 is 1.29 bits per heavy atom. The summed E-state index contributed by atoms with van der Waals surface area (Å²) >= 11 is 0. The van der Waals surface area contributed by atoms with Gasteiger partial charge in [-0.3, -0.25) is 0 Å². The van der Waals surface area contributed by atoms with Crippen molar-refractivity contribution in [2.45, 2.75) is 6.04 Å². The van der Waals surface area contributed by atoms with Gasteiger partial charge in [0, 0.05) is 25.3 Å². The van der Waals surface area contributed by atoms with Crippen molar-refractivity contribution >= 4 is 5.69 Å². The lowest BCUT2D eigenvalue weighted by Gasteiger charge is -2.29. The second-order valence-corrected chi connectivity index (χ2v) is 4.68. The van der Waals surface area contributed by atoms with Gasteiger partial charge in [0.15, 0.2) is 0 Å². The zero-order valence-electron chi connectivity index (χ0n) is 10.6. The summed E-state index contributed by atoms with van der Waals surface area (Å²) < 4.78 is 5.64. The Morgan fingerprint density at radius 2 is 2.00 bits per heavy atom. The number of hydrogen-bond donors (Lipinski definition) is 2. The Balaban J connectivity index is 1.76. The van der Waals surface area contributed by atoms with Crippen LogP contribution in [0, 0.1) is 0 Å². The maximum atomic E-state index is 5.64. The van der Waals surface area contributed by atoms with Crippen LogP contribution in [0.1, 0.15) is 0 Å². The van der Waals surface area contributed by atoms with Gasteiger partial charge >= 0.3 is 0 Å². The molecule has 94 valence electrons. The predicted molar refractivity (Wildman–Crippen MR) is 70.8 cm³/mol. The van der Waals surface area contributed by atoms with E-state index >= 15 is 0 Å². The third kappa shape index (κ3) is 3.91. The molecule has 0 radical (unpaired) electrons. The van der Waals surface area contributed by atoms with Crippen LogP contribution in [0.25, 0.3) is 0 Å². The molecule has 1 fully saturated rings. The van der Waals surface area contributed by atoms with Crippen molar-refractivity contribution in [3.63, 3.8) is 0 Å². The summed E-state index contributed by atoms with van der Waals surface area (Å²) in [5, 5.41) is 6.69. The van der Waals surface area contributed by atoms with Gasteiger partial charge in [-0.1, -0.05) is 0 Å². The van der Waals surface area contributed by atoms with Crippen molar-refractivity contribution < 1.29 is 4.74 Å². The minimum Gasteiger partial charge on any atom is -0.492 e. The molecule has 0 atom stereocenters. The van der Waals surface area contributed by atoms with E-state index in [1.807, 2.05) is 26.2 Å². The smallest absolute Gasteiger partial charge is 0.119 e. The highest BCUT2D eigenvalue weighted by Crippen LogP contribution is 2.16. The van der Waals surface area contributed by atoms with Gasteiger partial charge in [0.1, 0.15) is 12.4 Å². The second-order valence-electron chi connectivity index (χ2n) is 4.68. The van der Waals surface area contributed by atoms with Gasteiger partial charge in [0.2, 0.25) is 0 Å². The molecule has 0 unspecified atom stereocenters. The molecule has 1 aromatic carbocycles. The van der Waals surface area contributed by atoms with Crippen LogP contribution in [0.3, 0.4) is 0 Å². The number of hydrogen-bond acceptors (Lipinski definition) is 4. The summed E-state index contributed by atoms with van der Waals surface area (Å²) in [6.07, 6.45) is 0. The van der Waals surface area contributed by atoms with E-state index in [4.69, 9.17) is 4.74 Å². The van der Waals surface area contributed by atoms with Crippen LogP contribution in [0.5, 0.6) is 5.75 Å². The zero-order chi connectivity index (χ0) is 12.1.